The molecule has 1 N–H and O–H groups in total. The van der Waals surface area contributed by atoms with Crippen molar-refractivity contribution < 1.29 is 5.11 Å². The zero-order valence-corrected chi connectivity index (χ0v) is 6.33. The van der Waals surface area contributed by atoms with Gasteiger partial charge in [0.05, 0.1) is 6.10 Å². The first-order chi connectivity index (χ1) is 4.77. The molecule has 2 aliphatic carbocycles. The fraction of sp³-hybridized carbons (Fsp3) is 0.778. The van der Waals surface area contributed by atoms with Crippen LogP contribution >= 0.6 is 0 Å². The summed E-state index contributed by atoms with van der Waals surface area (Å²) in [5.41, 5.74) is 0. The molecule has 0 aliphatic heterocycles. The van der Waals surface area contributed by atoms with Crippen molar-refractivity contribution in [3.05, 3.63) is 12.2 Å². The number of hydrogen-bond acceptors (Lipinski definition) is 1. The van der Waals surface area contributed by atoms with Crippen LogP contribution in [0.3, 0.4) is 0 Å². The molecule has 2 aliphatic rings. The molecular formula is C9H14O. The first-order valence-electron chi connectivity index (χ1n) is 4.14. The highest BCUT2D eigenvalue weighted by molar-refractivity contribution is 5.10. The number of aliphatic hydroxyl groups excluding tert-OH is 1. The number of rotatable bonds is 1. The molecule has 0 aromatic carbocycles. The predicted octanol–water partition coefficient (Wildman–Crippen LogP) is 1.58. The second-order valence-corrected chi connectivity index (χ2v) is 3.68. The number of hydrogen-bond donors (Lipinski definition) is 1. The van der Waals surface area contributed by atoms with Gasteiger partial charge in [-0.1, -0.05) is 12.2 Å². The van der Waals surface area contributed by atoms with Gasteiger partial charge in [0.1, 0.15) is 0 Å². The summed E-state index contributed by atoms with van der Waals surface area (Å²) in [6.07, 6.45) is 7.02. The Labute approximate surface area is 61.8 Å². The average molecular weight is 138 g/mol. The van der Waals surface area contributed by atoms with Crippen LogP contribution in [-0.4, -0.2) is 11.2 Å². The Morgan fingerprint density at radius 1 is 1.40 bits per heavy atom. The summed E-state index contributed by atoms with van der Waals surface area (Å²) in [7, 11) is 0. The molecular weight excluding hydrogens is 124 g/mol. The van der Waals surface area contributed by atoms with Gasteiger partial charge in [-0.25, -0.2) is 0 Å². The molecule has 2 rings (SSSR count). The monoisotopic (exact) mass is 138 g/mol. The highest BCUT2D eigenvalue weighted by atomic mass is 16.3. The summed E-state index contributed by atoms with van der Waals surface area (Å²) >= 11 is 0. The van der Waals surface area contributed by atoms with Crippen LogP contribution in [0.5, 0.6) is 0 Å². The standard InChI is InChI=1S/C9H14O/c1-6(10)9-5-7-2-3-8(9)4-7/h2-3,6-10H,4-5H2,1H3/t6?,7-,8+,9-/m0/s1. The van der Waals surface area contributed by atoms with E-state index < -0.39 is 0 Å². The van der Waals surface area contributed by atoms with Crippen LogP contribution in [0.25, 0.3) is 0 Å². The Bertz CT molecular complexity index is 160. The molecule has 0 saturated heterocycles. The van der Waals surface area contributed by atoms with E-state index in [9.17, 15) is 5.11 Å². The van der Waals surface area contributed by atoms with Crippen molar-refractivity contribution in [1.82, 2.24) is 0 Å². The molecule has 56 valence electrons. The fourth-order valence-corrected chi connectivity index (χ4v) is 2.38. The second kappa shape index (κ2) is 2.09. The van der Waals surface area contributed by atoms with Gasteiger partial charge in [0.2, 0.25) is 0 Å². The van der Waals surface area contributed by atoms with E-state index in [1.807, 2.05) is 6.92 Å². The van der Waals surface area contributed by atoms with Crippen LogP contribution in [0.2, 0.25) is 0 Å². The van der Waals surface area contributed by atoms with Crippen LogP contribution in [0.1, 0.15) is 19.8 Å². The summed E-state index contributed by atoms with van der Waals surface area (Å²) < 4.78 is 0. The van der Waals surface area contributed by atoms with Crippen molar-refractivity contribution in [2.24, 2.45) is 17.8 Å². The van der Waals surface area contributed by atoms with Crippen molar-refractivity contribution >= 4 is 0 Å². The minimum Gasteiger partial charge on any atom is -0.393 e. The lowest BCUT2D eigenvalue weighted by molar-refractivity contribution is 0.111. The van der Waals surface area contributed by atoms with Crippen LogP contribution in [0.15, 0.2) is 12.2 Å². The Morgan fingerprint density at radius 2 is 2.20 bits per heavy atom. The van der Waals surface area contributed by atoms with Gasteiger partial charge in [-0.2, -0.15) is 0 Å². The van der Waals surface area contributed by atoms with Crippen molar-refractivity contribution in [2.75, 3.05) is 0 Å². The Balaban J connectivity index is 2.09. The SMILES string of the molecule is CC(O)[C@@H]1C[C@H]2C=C[C@@H]1C2. The average Bonchev–Trinajstić information content (AvgIpc) is 2.44. The Hall–Kier alpha value is -0.300. The van der Waals surface area contributed by atoms with Gasteiger partial charge in [-0.15, -0.1) is 0 Å². The molecule has 10 heavy (non-hydrogen) atoms. The highest BCUT2D eigenvalue weighted by Gasteiger charge is 2.37. The first kappa shape index (κ1) is 6.41. The van der Waals surface area contributed by atoms with E-state index in [1.54, 1.807) is 0 Å². The van der Waals surface area contributed by atoms with E-state index in [0.717, 1.165) is 5.92 Å². The molecule has 2 bridgehead atoms. The molecule has 0 aromatic rings. The van der Waals surface area contributed by atoms with E-state index in [2.05, 4.69) is 12.2 Å². The van der Waals surface area contributed by atoms with Gasteiger partial charge in [0.15, 0.2) is 0 Å². The molecule has 1 nitrogen and oxygen atoms in total. The fourth-order valence-electron chi connectivity index (χ4n) is 2.38. The maximum Gasteiger partial charge on any atom is 0.0546 e. The molecule has 0 amide bonds. The van der Waals surface area contributed by atoms with Gasteiger partial charge < -0.3 is 5.11 Å². The molecule has 1 heteroatoms. The third-order valence-electron chi connectivity index (χ3n) is 2.95. The Kier molecular flexibility index (Phi) is 1.34. The first-order valence-corrected chi connectivity index (χ1v) is 4.14. The largest absolute Gasteiger partial charge is 0.393 e. The molecule has 0 radical (unpaired) electrons. The lowest BCUT2D eigenvalue weighted by Gasteiger charge is -2.20. The summed E-state index contributed by atoms with van der Waals surface area (Å²) in [6.45, 7) is 1.92. The number of fused-ring (bicyclic) bond motifs is 2. The number of aliphatic hydroxyl groups is 1. The highest BCUT2D eigenvalue weighted by Crippen LogP contribution is 2.44. The molecule has 0 aromatic heterocycles. The lowest BCUT2D eigenvalue weighted by atomic mass is 9.89. The molecule has 1 saturated carbocycles. The van der Waals surface area contributed by atoms with Crippen molar-refractivity contribution in [1.29, 1.82) is 0 Å². The van der Waals surface area contributed by atoms with E-state index in [4.69, 9.17) is 0 Å². The van der Waals surface area contributed by atoms with Crippen molar-refractivity contribution in [3.63, 3.8) is 0 Å². The van der Waals surface area contributed by atoms with Gasteiger partial charge in [-0.05, 0) is 37.5 Å². The minimum absolute atomic E-state index is 0.0973. The second-order valence-electron chi connectivity index (χ2n) is 3.68. The van der Waals surface area contributed by atoms with Gasteiger partial charge in [0, 0.05) is 0 Å². The summed E-state index contributed by atoms with van der Waals surface area (Å²) in [5, 5.41) is 9.34. The van der Waals surface area contributed by atoms with Gasteiger partial charge >= 0.3 is 0 Å². The Morgan fingerprint density at radius 3 is 2.50 bits per heavy atom. The van der Waals surface area contributed by atoms with Crippen LogP contribution in [-0.2, 0) is 0 Å². The van der Waals surface area contributed by atoms with E-state index in [0.29, 0.717) is 11.8 Å². The topological polar surface area (TPSA) is 20.2 Å². The van der Waals surface area contributed by atoms with Crippen molar-refractivity contribution in [3.8, 4) is 0 Å². The summed E-state index contributed by atoms with van der Waals surface area (Å²) in [6, 6.07) is 0. The maximum atomic E-state index is 9.34. The van der Waals surface area contributed by atoms with E-state index >= 15 is 0 Å². The smallest absolute Gasteiger partial charge is 0.0546 e. The maximum absolute atomic E-state index is 9.34. The van der Waals surface area contributed by atoms with Crippen LogP contribution < -0.4 is 0 Å². The lowest BCUT2D eigenvalue weighted by Crippen LogP contribution is -2.20. The molecule has 4 atom stereocenters. The van der Waals surface area contributed by atoms with E-state index in [-0.39, 0.29) is 6.10 Å². The predicted molar refractivity (Wildman–Crippen MR) is 40.5 cm³/mol. The summed E-state index contributed by atoms with van der Waals surface area (Å²) in [5.74, 6) is 2.06. The third kappa shape index (κ3) is 0.807. The molecule has 0 spiro atoms. The van der Waals surface area contributed by atoms with Gasteiger partial charge in [-0.3, -0.25) is 0 Å². The molecule has 0 heterocycles. The minimum atomic E-state index is -0.0973. The van der Waals surface area contributed by atoms with Crippen LogP contribution in [0, 0.1) is 17.8 Å². The zero-order valence-electron chi connectivity index (χ0n) is 6.33. The zero-order chi connectivity index (χ0) is 7.14. The van der Waals surface area contributed by atoms with Gasteiger partial charge in [0.25, 0.3) is 0 Å². The quantitative estimate of drug-likeness (QED) is 0.545. The number of allylic oxidation sites excluding steroid dienone is 2. The normalized spacial score (nSPS) is 46.4. The van der Waals surface area contributed by atoms with Crippen LogP contribution in [0.4, 0.5) is 0 Å². The molecule has 1 unspecified atom stereocenters. The van der Waals surface area contributed by atoms with E-state index in [1.165, 1.54) is 12.8 Å². The molecule has 1 fully saturated rings. The van der Waals surface area contributed by atoms with Crippen molar-refractivity contribution in [2.45, 2.75) is 25.9 Å². The third-order valence-corrected chi connectivity index (χ3v) is 2.95. The summed E-state index contributed by atoms with van der Waals surface area (Å²) in [4.78, 5) is 0.